The van der Waals surface area contributed by atoms with Crippen LogP contribution >= 0.6 is 27.5 Å². The first-order valence-corrected chi connectivity index (χ1v) is 9.42. The summed E-state index contributed by atoms with van der Waals surface area (Å²) in [6.07, 6.45) is 5.51. The van der Waals surface area contributed by atoms with Crippen molar-refractivity contribution in [3.05, 3.63) is 39.8 Å². The summed E-state index contributed by atoms with van der Waals surface area (Å²) in [5.41, 5.74) is 0.561. The molecule has 0 bridgehead atoms. The number of piperidine rings is 1. The van der Waals surface area contributed by atoms with Crippen molar-refractivity contribution >= 4 is 39.2 Å². The Bertz CT molecular complexity index is 738. The van der Waals surface area contributed by atoms with Crippen LogP contribution in [0.3, 0.4) is 0 Å². The molecule has 1 aliphatic heterocycles. The number of carbonyl (C=O) groups is 1. The summed E-state index contributed by atoms with van der Waals surface area (Å²) in [5, 5.41) is 3.46. The Morgan fingerprint density at radius 1 is 1.56 bits per heavy atom. The molecule has 0 saturated carbocycles. The van der Waals surface area contributed by atoms with Crippen LogP contribution in [-0.2, 0) is 0 Å². The summed E-state index contributed by atoms with van der Waals surface area (Å²) in [6, 6.07) is 3.28. The molecule has 0 radical (unpaired) electrons. The number of ether oxygens (including phenoxy) is 1. The average molecular weight is 428 g/mol. The Balaban J connectivity index is 1.73. The number of benzene rings is 1. The second-order valence-corrected chi connectivity index (χ2v) is 7.18. The fraction of sp³-hybridized carbons (Fsp3) is 0.412. The number of nitrogens with zero attached hydrogens (tertiary/aromatic N) is 2. The monoisotopic (exact) mass is 426 g/mol. The van der Waals surface area contributed by atoms with E-state index in [0.717, 1.165) is 25.2 Å². The molecule has 1 unspecified atom stereocenters. The fourth-order valence-electron chi connectivity index (χ4n) is 3.02. The summed E-state index contributed by atoms with van der Waals surface area (Å²) in [5.74, 6) is 1.74. The van der Waals surface area contributed by atoms with Crippen molar-refractivity contribution in [3.8, 4) is 5.75 Å². The van der Waals surface area contributed by atoms with Gasteiger partial charge in [-0.1, -0.05) is 11.6 Å². The van der Waals surface area contributed by atoms with Gasteiger partial charge in [-0.05, 0) is 47.8 Å². The molecule has 8 heteroatoms. The number of nitrogens with one attached hydrogen (secondary N) is 2. The molecule has 2 N–H and O–H groups in total. The number of rotatable bonds is 4. The zero-order chi connectivity index (χ0) is 17.8. The molecule has 1 aromatic carbocycles. The van der Waals surface area contributed by atoms with Gasteiger partial charge in [0.05, 0.1) is 16.8 Å². The van der Waals surface area contributed by atoms with E-state index >= 15 is 0 Å². The molecule has 3 rings (SSSR count). The third kappa shape index (κ3) is 4.27. The van der Waals surface area contributed by atoms with Crippen LogP contribution in [0.5, 0.6) is 5.75 Å². The minimum atomic E-state index is -0.161. The largest absolute Gasteiger partial charge is 0.491 e. The smallest absolute Gasteiger partial charge is 0.321 e. The summed E-state index contributed by atoms with van der Waals surface area (Å²) < 4.78 is 6.35. The number of hydrogen-bond donors (Lipinski definition) is 2. The number of anilines is 1. The quantitative estimate of drug-likeness (QED) is 0.747. The molecule has 1 aromatic heterocycles. The van der Waals surface area contributed by atoms with Crippen molar-refractivity contribution < 1.29 is 9.53 Å². The van der Waals surface area contributed by atoms with E-state index in [0.29, 0.717) is 34.1 Å². The lowest BCUT2D eigenvalue weighted by Gasteiger charge is -2.32. The number of aromatic nitrogens is 2. The van der Waals surface area contributed by atoms with Crippen LogP contribution in [0.15, 0.2) is 29.0 Å². The van der Waals surface area contributed by atoms with Gasteiger partial charge < -0.3 is 19.9 Å². The highest BCUT2D eigenvalue weighted by Crippen LogP contribution is 2.37. The summed E-state index contributed by atoms with van der Waals surface area (Å²) >= 11 is 9.55. The molecule has 1 aliphatic rings. The number of amides is 2. The Morgan fingerprint density at radius 2 is 2.40 bits per heavy atom. The molecule has 134 valence electrons. The van der Waals surface area contributed by atoms with Crippen LogP contribution in [-0.4, -0.2) is 40.6 Å². The van der Waals surface area contributed by atoms with Crippen LogP contribution in [0, 0.1) is 0 Å². The predicted molar refractivity (Wildman–Crippen MR) is 101 cm³/mol. The summed E-state index contributed by atoms with van der Waals surface area (Å²) in [7, 11) is 0. The van der Waals surface area contributed by atoms with Crippen LogP contribution in [0.25, 0.3) is 0 Å². The lowest BCUT2D eigenvalue weighted by molar-refractivity contribution is 0.191. The number of carbonyl (C=O) groups excluding carboxylic acids is 1. The fourth-order valence-corrected chi connectivity index (χ4v) is 3.95. The topological polar surface area (TPSA) is 70.2 Å². The summed E-state index contributed by atoms with van der Waals surface area (Å²) in [4.78, 5) is 22.0. The van der Waals surface area contributed by atoms with E-state index in [-0.39, 0.29) is 11.9 Å². The van der Waals surface area contributed by atoms with E-state index in [4.69, 9.17) is 16.3 Å². The van der Waals surface area contributed by atoms with Gasteiger partial charge in [0.15, 0.2) is 5.75 Å². The highest BCUT2D eigenvalue weighted by atomic mass is 79.9. The number of urea groups is 1. The molecule has 25 heavy (non-hydrogen) atoms. The molecule has 0 spiro atoms. The van der Waals surface area contributed by atoms with Gasteiger partial charge in [-0.15, -0.1) is 0 Å². The van der Waals surface area contributed by atoms with Crippen LogP contribution in [0.4, 0.5) is 10.5 Å². The van der Waals surface area contributed by atoms with Gasteiger partial charge in [0, 0.05) is 36.4 Å². The zero-order valence-corrected chi connectivity index (χ0v) is 16.2. The van der Waals surface area contributed by atoms with E-state index in [9.17, 15) is 4.79 Å². The van der Waals surface area contributed by atoms with Crippen molar-refractivity contribution in [2.45, 2.75) is 25.7 Å². The Labute approximate surface area is 160 Å². The normalized spacial score (nSPS) is 17.4. The Morgan fingerprint density at radius 3 is 3.12 bits per heavy atom. The maximum absolute atomic E-state index is 12.7. The second kappa shape index (κ2) is 8.10. The van der Waals surface area contributed by atoms with Crippen molar-refractivity contribution in [2.75, 3.05) is 25.0 Å². The highest BCUT2D eigenvalue weighted by Gasteiger charge is 2.27. The molecule has 1 atom stereocenters. The number of H-pyrrole nitrogens is 1. The van der Waals surface area contributed by atoms with Crippen molar-refractivity contribution in [2.24, 2.45) is 0 Å². The minimum Gasteiger partial charge on any atom is -0.491 e. The number of imidazole rings is 1. The van der Waals surface area contributed by atoms with E-state index in [1.54, 1.807) is 23.2 Å². The third-order valence-corrected chi connectivity index (χ3v) is 4.96. The van der Waals surface area contributed by atoms with Crippen molar-refractivity contribution in [1.29, 1.82) is 0 Å². The summed E-state index contributed by atoms with van der Waals surface area (Å²) in [6.45, 7) is 3.73. The van der Waals surface area contributed by atoms with Crippen LogP contribution < -0.4 is 10.1 Å². The van der Waals surface area contributed by atoms with E-state index in [1.165, 1.54) is 0 Å². The van der Waals surface area contributed by atoms with Gasteiger partial charge in [0.1, 0.15) is 5.82 Å². The zero-order valence-electron chi connectivity index (χ0n) is 13.9. The van der Waals surface area contributed by atoms with Gasteiger partial charge in [-0.3, -0.25) is 0 Å². The first-order chi connectivity index (χ1) is 12.1. The second-order valence-electron chi connectivity index (χ2n) is 5.89. The first-order valence-electron chi connectivity index (χ1n) is 8.25. The molecule has 1 saturated heterocycles. The Hall–Kier alpha value is -1.73. The Kier molecular flexibility index (Phi) is 5.86. The number of likely N-dealkylation sites (tertiary alicyclic amines) is 1. The number of aromatic amines is 1. The van der Waals surface area contributed by atoms with E-state index < -0.39 is 0 Å². The average Bonchev–Trinajstić information content (AvgIpc) is 3.12. The molecular formula is C17H20BrClN4O2. The standard InChI is InChI=1S/C17H20BrClN4O2/c1-2-25-15-13(18)8-12(19)9-14(15)22-17(24)23-7-3-4-11(10-23)16-20-5-6-21-16/h5-6,8-9,11H,2-4,7,10H2,1H3,(H,20,21)(H,22,24). The van der Waals surface area contributed by atoms with Gasteiger partial charge >= 0.3 is 6.03 Å². The van der Waals surface area contributed by atoms with Crippen LogP contribution in [0.2, 0.25) is 5.02 Å². The number of halogens is 2. The highest BCUT2D eigenvalue weighted by molar-refractivity contribution is 9.10. The number of hydrogen-bond acceptors (Lipinski definition) is 3. The molecule has 1 fully saturated rings. The van der Waals surface area contributed by atoms with E-state index in [2.05, 4.69) is 31.2 Å². The maximum Gasteiger partial charge on any atom is 0.321 e. The minimum absolute atomic E-state index is 0.161. The van der Waals surface area contributed by atoms with Gasteiger partial charge in [-0.25, -0.2) is 9.78 Å². The van der Waals surface area contributed by atoms with Gasteiger partial charge in [0.25, 0.3) is 0 Å². The van der Waals surface area contributed by atoms with Gasteiger partial charge in [0.2, 0.25) is 0 Å². The van der Waals surface area contributed by atoms with Gasteiger partial charge in [-0.2, -0.15) is 0 Å². The first kappa shape index (κ1) is 18.1. The van der Waals surface area contributed by atoms with Crippen molar-refractivity contribution in [1.82, 2.24) is 14.9 Å². The molecule has 2 amide bonds. The molecular weight excluding hydrogens is 408 g/mol. The molecule has 2 aromatic rings. The third-order valence-electron chi connectivity index (χ3n) is 4.15. The predicted octanol–water partition coefficient (Wildman–Crippen LogP) is 4.64. The van der Waals surface area contributed by atoms with Crippen molar-refractivity contribution in [3.63, 3.8) is 0 Å². The maximum atomic E-state index is 12.7. The molecule has 0 aliphatic carbocycles. The lowest BCUT2D eigenvalue weighted by atomic mass is 9.98. The SMILES string of the molecule is CCOc1c(Br)cc(Cl)cc1NC(=O)N1CCCC(c2ncc[nH]2)C1. The molecule has 2 heterocycles. The van der Waals surface area contributed by atoms with E-state index in [1.807, 2.05) is 13.1 Å². The van der Waals surface area contributed by atoms with Crippen LogP contribution in [0.1, 0.15) is 31.5 Å². The molecule has 6 nitrogen and oxygen atoms in total. The lowest BCUT2D eigenvalue weighted by Crippen LogP contribution is -2.41.